The van der Waals surface area contributed by atoms with Gasteiger partial charge in [0, 0.05) is 35.1 Å². The third-order valence-corrected chi connectivity index (χ3v) is 7.03. The van der Waals surface area contributed by atoms with E-state index in [2.05, 4.69) is 10.3 Å². The molecular formula is C28H29N5O4S. The number of rotatable bonds is 10. The van der Waals surface area contributed by atoms with Crippen LogP contribution in [-0.2, 0) is 29.8 Å². The Balaban J connectivity index is 1.50. The summed E-state index contributed by atoms with van der Waals surface area (Å²) in [7, 11) is -3.86. The second-order valence-electron chi connectivity index (χ2n) is 8.71. The van der Waals surface area contributed by atoms with E-state index in [1.807, 2.05) is 43.3 Å². The fourth-order valence-corrected chi connectivity index (χ4v) is 4.86. The van der Waals surface area contributed by atoms with E-state index in [9.17, 15) is 13.5 Å². The van der Waals surface area contributed by atoms with Crippen LogP contribution in [0.25, 0.3) is 11.1 Å². The average molecular weight is 532 g/mol. The van der Waals surface area contributed by atoms with Crippen molar-refractivity contribution in [2.75, 3.05) is 5.32 Å². The van der Waals surface area contributed by atoms with E-state index in [4.69, 9.17) is 21.0 Å². The number of pyridine rings is 1. The molecule has 1 heterocycles. The van der Waals surface area contributed by atoms with E-state index in [1.165, 1.54) is 6.07 Å². The van der Waals surface area contributed by atoms with Gasteiger partial charge in [-0.05, 0) is 47.9 Å². The van der Waals surface area contributed by atoms with Gasteiger partial charge in [-0.25, -0.2) is 13.6 Å². The third kappa shape index (κ3) is 6.17. The first kappa shape index (κ1) is 26.8. The van der Waals surface area contributed by atoms with Crippen molar-refractivity contribution in [2.45, 2.75) is 31.6 Å². The molecule has 7 N–H and O–H groups in total. The molecule has 0 unspecified atom stereocenters. The maximum atomic E-state index is 11.9. The number of hydrogen-bond donors (Lipinski definition) is 5. The predicted octanol–water partition coefficient (Wildman–Crippen LogP) is 3.67. The summed E-state index contributed by atoms with van der Waals surface area (Å²) in [5.41, 5.74) is 11.1. The van der Waals surface area contributed by atoms with Gasteiger partial charge >= 0.3 is 0 Å². The predicted molar refractivity (Wildman–Crippen MR) is 147 cm³/mol. The minimum absolute atomic E-state index is 0.0181. The van der Waals surface area contributed by atoms with Gasteiger partial charge in [-0.15, -0.1) is 0 Å². The molecule has 0 atom stereocenters. The number of nitrogens with two attached hydrogens (primary N) is 2. The number of sulfonamides is 1. The number of hydrogen-bond acceptors (Lipinski definition) is 7. The highest BCUT2D eigenvalue weighted by atomic mass is 32.2. The molecule has 0 fully saturated rings. The van der Waals surface area contributed by atoms with Crippen molar-refractivity contribution in [3.8, 4) is 16.9 Å². The quantitative estimate of drug-likeness (QED) is 0.154. The Morgan fingerprint density at radius 2 is 1.82 bits per heavy atom. The van der Waals surface area contributed by atoms with Gasteiger partial charge in [0.2, 0.25) is 10.0 Å². The zero-order chi connectivity index (χ0) is 27.3. The molecule has 0 saturated heterocycles. The van der Waals surface area contributed by atoms with Gasteiger partial charge in [0.25, 0.3) is 0 Å². The van der Waals surface area contributed by atoms with E-state index in [-0.39, 0.29) is 23.9 Å². The largest absolute Gasteiger partial charge is 0.487 e. The molecule has 9 nitrogen and oxygen atoms in total. The van der Waals surface area contributed by atoms with Gasteiger partial charge in [-0.1, -0.05) is 48.5 Å². The van der Waals surface area contributed by atoms with Crippen LogP contribution in [0.1, 0.15) is 27.9 Å². The van der Waals surface area contributed by atoms with Crippen LogP contribution >= 0.6 is 0 Å². The number of aliphatic hydroxyl groups excluding tert-OH is 1. The maximum Gasteiger partial charge on any atom is 0.238 e. The Bertz CT molecular complexity index is 1570. The molecular weight excluding hydrogens is 502 g/mol. The molecule has 10 heteroatoms. The Morgan fingerprint density at radius 3 is 2.50 bits per heavy atom. The van der Waals surface area contributed by atoms with E-state index >= 15 is 0 Å². The number of benzene rings is 3. The lowest BCUT2D eigenvalue weighted by atomic mass is 10.0. The highest BCUT2D eigenvalue weighted by Gasteiger charge is 2.16. The van der Waals surface area contributed by atoms with E-state index in [0.29, 0.717) is 34.7 Å². The standard InChI is InChI=1S/C28H29N5O4S/c1-18-27(37-17-19-5-4-6-21(13-19)28(29)30)25(16-34)22(14-32-18)15-33-23-11-9-20(10-12-23)24-7-2-3-8-26(24)38(31,35)36/h2-14,33-34H,15-17H2,1H3,(H3,29,30)(H2,31,35,36). The Labute approximate surface area is 221 Å². The number of aliphatic hydroxyl groups is 1. The van der Waals surface area contributed by atoms with E-state index in [0.717, 1.165) is 22.4 Å². The summed E-state index contributed by atoms with van der Waals surface area (Å²) in [6.45, 7) is 2.20. The smallest absolute Gasteiger partial charge is 0.238 e. The second-order valence-corrected chi connectivity index (χ2v) is 10.2. The van der Waals surface area contributed by atoms with Crippen LogP contribution in [0.3, 0.4) is 0 Å². The Morgan fingerprint density at radius 1 is 1.08 bits per heavy atom. The van der Waals surface area contributed by atoms with E-state index in [1.54, 1.807) is 36.5 Å². The molecule has 3 aromatic carbocycles. The lowest BCUT2D eigenvalue weighted by molar-refractivity contribution is 0.256. The van der Waals surface area contributed by atoms with Crippen LogP contribution in [-0.4, -0.2) is 24.3 Å². The molecule has 0 aliphatic carbocycles. The zero-order valence-corrected chi connectivity index (χ0v) is 21.6. The summed E-state index contributed by atoms with van der Waals surface area (Å²) >= 11 is 0. The zero-order valence-electron chi connectivity index (χ0n) is 20.8. The van der Waals surface area contributed by atoms with Gasteiger partial charge in [-0.3, -0.25) is 10.4 Å². The second kappa shape index (κ2) is 11.4. The van der Waals surface area contributed by atoms with Gasteiger partial charge in [-0.2, -0.15) is 0 Å². The molecule has 0 radical (unpaired) electrons. The molecule has 0 saturated carbocycles. The topological polar surface area (TPSA) is 164 Å². The van der Waals surface area contributed by atoms with Crippen molar-refractivity contribution >= 4 is 21.5 Å². The number of anilines is 1. The number of primary sulfonamides is 1. The van der Waals surface area contributed by atoms with Crippen LogP contribution < -0.4 is 20.9 Å². The summed E-state index contributed by atoms with van der Waals surface area (Å²) in [5.74, 6) is 0.491. The van der Waals surface area contributed by atoms with Crippen molar-refractivity contribution in [1.29, 1.82) is 5.41 Å². The SMILES string of the molecule is Cc1ncc(CNc2ccc(-c3ccccc3S(N)(=O)=O)cc2)c(CO)c1OCc1cccc(C(=N)N)c1. The highest BCUT2D eigenvalue weighted by Crippen LogP contribution is 2.29. The number of nitrogens with zero attached hydrogens (tertiary/aromatic N) is 1. The van der Waals surface area contributed by atoms with Crippen LogP contribution in [0.2, 0.25) is 0 Å². The van der Waals surface area contributed by atoms with Gasteiger partial charge < -0.3 is 20.9 Å². The van der Waals surface area contributed by atoms with Crippen LogP contribution in [0.5, 0.6) is 5.75 Å². The average Bonchev–Trinajstić information content (AvgIpc) is 2.91. The fourth-order valence-electron chi connectivity index (χ4n) is 4.10. The molecule has 38 heavy (non-hydrogen) atoms. The minimum Gasteiger partial charge on any atom is -0.487 e. The van der Waals surface area contributed by atoms with Crippen molar-refractivity contribution in [1.82, 2.24) is 4.98 Å². The van der Waals surface area contributed by atoms with Crippen LogP contribution in [0, 0.1) is 12.3 Å². The summed E-state index contributed by atoms with van der Waals surface area (Å²) in [6.07, 6.45) is 1.70. The first-order valence-electron chi connectivity index (χ1n) is 11.8. The Kier molecular flexibility index (Phi) is 8.06. The number of amidine groups is 1. The first-order valence-corrected chi connectivity index (χ1v) is 13.3. The molecule has 1 aromatic heterocycles. The van der Waals surface area contributed by atoms with Gasteiger partial charge in [0.15, 0.2) is 0 Å². The number of nitrogens with one attached hydrogen (secondary N) is 2. The number of aryl methyl sites for hydroxylation is 1. The molecule has 0 spiro atoms. The monoisotopic (exact) mass is 531 g/mol. The lowest BCUT2D eigenvalue weighted by Crippen LogP contribution is -2.13. The fraction of sp³-hybridized carbons (Fsp3) is 0.143. The van der Waals surface area contributed by atoms with Crippen molar-refractivity contribution < 1.29 is 18.3 Å². The maximum absolute atomic E-state index is 11.9. The summed E-state index contributed by atoms with van der Waals surface area (Å²) < 4.78 is 30.0. The van der Waals surface area contributed by atoms with Crippen molar-refractivity contribution in [3.63, 3.8) is 0 Å². The number of ether oxygens (including phenoxy) is 1. The van der Waals surface area contributed by atoms with Crippen molar-refractivity contribution in [2.24, 2.45) is 10.9 Å². The van der Waals surface area contributed by atoms with E-state index < -0.39 is 10.0 Å². The van der Waals surface area contributed by atoms with Crippen LogP contribution in [0.15, 0.2) is 83.9 Å². The summed E-state index contributed by atoms with van der Waals surface area (Å²) in [5, 5.41) is 26.5. The molecule has 0 amide bonds. The molecule has 196 valence electrons. The highest BCUT2D eigenvalue weighted by molar-refractivity contribution is 7.89. The molecule has 4 aromatic rings. The summed E-state index contributed by atoms with van der Waals surface area (Å²) in [4.78, 5) is 4.51. The van der Waals surface area contributed by atoms with Gasteiger partial charge in [0.1, 0.15) is 18.2 Å². The van der Waals surface area contributed by atoms with Crippen molar-refractivity contribution in [3.05, 3.63) is 107 Å². The number of aromatic nitrogens is 1. The Hall–Kier alpha value is -4.25. The minimum atomic E-state index is -3.86. The third-order valence-electron chi connectivity index (χ3n) is 6.06. The lowest BCUT2D eigenvalue weighted by Gasteiger charge is -2.17. The van der Waals surface area contributed by atoms with Gasteiger partial charge in [0.05, 0.1) is 17.2 Å². The molecule has 0 aliphatic heterocycles. The number of nitrogen functional groups attached to an aromatic ring is 1. The molecule has 0 bridgehead atoms. The first-order chi connectivity index (χ1) is 18.2. The molecule has 4 rings (SSSR count). The molecule has 0 aliphatic rings. The van der Waals surface area contributed by atoms with Crippen LogP contribution in [0.4, 0.5) is 5.69 Å². The summed E-state index contributed by atoms with van der Waals surface area (Å²) in [6, 6.07) is 21.2. The normalized spacial score (nSPS) is 11.2.